The Hall–Kier alpha value is -0.720. The number of hydrogen-bond acceptors (Lipinski definition) is 6. The zero-order valence-electron chi connectivity index (χ0n) is 7.49. The zero-order valence-corrected chi connectivity index (χ0v) is 8.30. The van der Waals surface area contributed by atoms with Crippen LogP contribution in [0.2, 0.25) is 0 Å². The number of anilines is 1. The number of ether oxygens (including phenoxy) is 1. The maximum Gasteiger partial charge on any atom is 0.202 e. The van der Waals surface area contributed by atoms with Crippen LogP contribution in [0.25, 0.3) is 0 Å². The molecule has 1 heterocycles. The minimum absolute atomic E-state index is 0.104. The highest BCUT2D eigenvalue weighted by atomic mass is 32.1. The summed E-state index contributed by atoms with van der Waals surface area (Å²) in [7, 11) is 1.65. The molecule has 0 aliphatic carbocycles. The van der Waals surface area contributed by atoms with E-state index < -0.39 is 0 Å². The van der Waals surface area contributed by atoms with E-state index in [0.717, 1.165) is 17.4 Å². The molecule has 1 rings (SSSR count). The molecule has 0 fully saturated rings. The van der Waals surface area contributed by atoms with E-state index in [1.54, 1.807) is 7.11 Å². The van der Waals surface area contributed by atoms with Crippen LogP contribution in [0.4, 0.5) is 5.13 Å². The van der Waals surface area contributed by atoms with Gasteiger partial charge in [0.05, 0.1) is 13.2 Å². The molecule has 1 aromatic rings. The number of aromatic nitrogens is 2. The van der Waals surface area contributed by atoms with E-state index in [2.05, 4.69) is 14.7 Å². The van der Waals surface area contributed by atoms with Crippen LogP contribution < -0.4 is 5.32 Å². The van der Waals surface area contributed by atoms with Gasteiger partial charge >= 0.3 is 0 Å². The van der Waals surface area contributed by atoms with Gasteiger partial charge in [0.1, 0.15) is 5.82 Å². The summed E-state index contributed by atoms with van der Waals surface area (Å²) in [6.45, 7) is 1.25. The second-order valence-corrected chi connectivity index (χ2v) is 3.16. The smallest absolute Gasteiger partial charge is 0.202 e. The predicted molar refractivity (Wildman–Crippen MR) is 51.1 cm³/mol. The maximum absolute atomic E-state index is 8.55. The Kier molecular flexibility index (Phi) is 4.66. The van der Waals surface area contributed by atoms with Gasteiger partial charge in [-0.05, 0) is 0 Å². The second-order valence-electron chi connectivity index (χ2n) is 2.41. The Morgan fingerprint density at radius 1 is 1.62 bits per heavy atom. The SMILES string of the molecule is COCCc1nsc(NCCO)n1. The van der Waals surface area contributed by atoms with Gasteiger partial charge in [-0.15, -0.1) is 0 Å². The first-order valence-corrected chi connectivity index (χ1v) is 4.80. The van der Waals surface area contributed by atoms with E-state index >= 15 is 0 Å². The number of rotatable bonds is 6. The Labute approximate surface area is 80.9 Å². The number of methoxy groups -OCH3 is 1. The summed E-state index contributed by atoms with van der Waals surface area (Å²) in [6, 6.07) is 0. The Morgan fingerprint density at radius 3 is 3.15 bits per heavy atom. The highest BCUT2D eigenvalue weighted by Gasteiger charge is 2.01. The predicted octanol–water partition coefficient (Wildman–Crippen LogP) is 0.131. The highest BCUT2D eigenvalue weighted by molar-refractivity contribution is 7.09. The molecule has 0 amide bonds. The topological polar surface area (TPSA) is 67.3 Å². The van der Waals surface area contributed by atoms with Gasteiger partial charge in [0, 0.05) is 31.6 Å². The summed E-state index contributed by atoms with van der Waals surface area (Å²) in [5.41, 5.74) is 0. The number of hydrogen-bond donors (Lipinski definition) is 2. The largest absolute Gasteiger partial charge is 0.395 e. The third-order valence-corrected chi connectivity index (χ3v) is 2.10. The summed E-state index contributed by atoms with van der Waals surface area (Å²) in [5.74, 6) is 0.785. The van der Waals surface area contributed by atoms with Gasteiger partial charge in [0.2, 0.25) is 5.13 Å². The molecule has 0 radical (unpaired) electrons. The molecule has 6 heteroatoms. The molecular weight excluding hydrogens is 190 g/mol. The summed E-state index contributed by atoms with van der Waals surface area (Å²) in [6.07, 6.45) is 0.730. The quantitative estimate of drug-likeness (QED) is 0.688. The minimum Gasteiger partial charge on any atom is -0.395 e. The molecule has 0 aliphatic heterocycles. The Morgan fingerprint density at radius 2 is 2.46 bits per heavy atom. The van der Waals surface area contributed by atoms with E-state index in [0.29, 0.717) is 13.2 Å². The molecule has 74 valence electrons. The fraction of sp³-hybridized carbons (Fsp3) is 0.714. The summed E-state index contributed by atoms with van der Waals surface area (Å²) >= 11 is 1.30. The Balaban J connectivity index is 2.34. The number of nitrogens with one attached hydrogen (secondary N) is 1. The van der Waals surface area contributed by atoms with Crippen LogP contribution in [0.1, 0.15) is 5.82 Å². The maximum atomic E-state index is 8.55. The summed E-state index contributed by atoms with van der Waals surface area (Å²) in [5, 5.41) is 12.2. The fourth-order valence-electron chi connectivity index (χ4n) is 0.783. The van der Waals surface area contributed by atoms with Crippen molar-refractivity contribution in [1.29, 1.82) is 0 Å². The van der Waals surface area contributed by atoms with Crippen molar-refractivity contribution in [3.8, 4) is 0 Å². The van der Waals surface area contributed by atoms with E-state index in [9.17, 15) is 0 Å². The van der Waals surface area contributed by atoms with Crippen molar-refractivity contribution in [2.45, 2.75) is 6.42 Å². The van der Waals surface area contributed by atoms with Crippen molar-refractivity contribution in [3.63, 3.8) is 0 Å². The monoisotopic (exact) mass is 203 g/mol. The van der Waals surface area contributed by atoms with Crippen LogP contribution in [0.15, 0.2) is 0 Å². The van der Waals surface area contributed by atoms with Crippen LogP contribution in [0, 0.1) is 0 Å². The number of nitrogens with zero attached hydrogens (tertiary/aromatic N) is 2. The van der Waals surface area contributed by atoms with Crippen molar-refractivity contribution in [1.82, 2.24) is 9.36 Å². The summed E-state index contributed by atoms with van der Waals surface area (Å²) < 4.78 is 9.01. The molecule has 0 aliphatic rings. The van der Waals surface area contributed by atoms with Crippen molar-refractivity contribution < 1.29 is 9.84 Å². The lowest BCUT2D eigenvalue weighted by atomic mass is 10.4. The standard InChI is InChI=1S/C7H13N3O2S/c1-12-5-2-6-9-7(13-10-6)8-3-4-11/h11H,2-5H2,1H3,(H,8,9,10). The average Bonchev–Trinajstić information content (AvgIpc) is 2.59. The van der Waals surface area contributed by atoms with E-state index in [-0.39, 0.29) is 6.61 Å². The van der Waals surface area contributed by atoms with Crippen molar-refractivity contribution in [2.24, 2.45) is 0 Å². The average molecular weight is 203 g/mol. The van der Waals surface area contributed by atoms with E-state index in [1.165, 1.54) is 11.5 Å². The lowest BCUT2D eigenvalue weighted by molar-refractivity contribution is 0.201. The van der Waals surface area contributed by atoms with Crippen LogP contribution >= 0.6 is 11.5 Å². The van der Waals surface area contributed by atoms with Gasteiger partial charge in [-0.2, -0.15) is 4.37 Å². The van der Waals surface area contributed by atoms with Crippen LogP contribution in [0.3, 0.4) is 0 Å². The lowest BCUT2D eigenvalue weighted by Gasteiger charge is -1.95. The molecule has 0 saturated carbocycles. The van der Waals surface area contributed by atoms with Crippen LogP contribution in [-0.2, 0) is 11.2 Å². The van der Waals surface area contributed by atoms with Gasteiger partial charge < -0.3 is 15.2 Å². The second kappa shape index (κ2) is 5.85. The van der Waals surface area contributed by atoms with Crippen molar-refractivity contribution >= 4 is 16.7 Å². The third kappa shape index (κ3) is 3.67. The third-order valence-electron chi connectivity index (χ3n) is 1.39. The van der Waals surface area contributed by atoms with E-state index in [4.69, 9.17) is 9.84 Å². The molecule has 0 aromatic carbocycles. The highest BCUT2D eigenvalue weighted by Crippen LogP contribution is 2.10. The normalized spacial score (nSPS) is 10.3. The zero-order chi connectivity index (χ0) is 9.52. The molecule has 0 saturated heterocycles. The van der Waals surface area contributed by atoms with Gasteiger partial charge in [-0.25, -0.2) is 4.98 Å². The Bertz CT molecular complexity index is 219. The first-order valence-electron chi connectivity index (χ1n) is 4.03. The molecule has 1 aromatic heterocycles. The molecule has 0 bridgehead atoms. The van der Waals surface area contributed by atoms with Gasteiger partial charge in [0.25, 0.3) is 0 Å². The molecule has 5 nitrogen and oxygen atoms in total. The molecule has 0 spiro atoms. The van der Waals surface area contributed by atoms with Crippen LogP contribution in [0.5, 0.6) is 0 Å². The molecule has 0 unspecified atom stereocenters. The minimum atomic E-state index is 0.104. The van der Waals surface area contributed by atoms with E-state index in [1.807, 2.05) is 0 Å². The number of aliphatic hydroxyl groups excluding tert-OH is 1. The molecule has 13 heavy (non-hydrogen) atoms. The lowest BCUT2D eigenvalue weighted by Crippen LogP contribution is -2.05. The van der Waals surface area contributed by atoms with Gasteiger partial charge in [0.15, 0.2) is 0 Å². The molecule has 0 atom stereocenters. The fourth-order valence-corrected chi connectivity index (χ4v) is 1.42. The molecule has 2 N–H and O–H groups in total. The van der Waals surface area contributed by atoms with Crippen molar-refractivity contribution in [2.75, 3.05) is 32.2 Å². The van der Waals surface area contributed by atoms with Gasteiger partial charge in [-0.1, -0.05) is 0 Å². The van der Waals surface area contributed by atoms with Crippen molar-refractivity contribution in [3.05, 3.63) is 5.82 Å². The molecular formula is C7H13N3O2S. The first kappa shape index (κ1) is 10.4. The summed E-state index contributed by atoms with van der Waals surface area (Å²) in [4.78, 5) is 4.19. The van der Waals surface area contributed by atoms with Crippen LogP contribution in [-0.4, -0.2) is 41.3 Å². The number of aliphatic hydroxyl groups is 1. The van der Waals surface area contributed by atoms with Gasteiger partial charge in [-0.3, -0.25) is 0 Å². The first-order chi connectivity index (χ1) is 6.36.